The molecule has 1 fully saturated rings. The average molecular weight is 268 g/mol. The quantitative estimate of drug-likeness (QED) is 0.786. The maximum atomic E-state index is 6.09. The number of ether oxygens (including phenoxy) is 1. The average Bonchev–Trinajstić information content (AvgIpc) is 2.88. The molecule has 0 heterocycles. The van der Waals surface area contributed by atoms with Crippen molar-refractivity contribution < 1.29 is 4.74 Å². The number of benzene rings is 1. The summed E-state index contributed by atoms with van der Waals surface area (Å²) in [7, 11) is 1.64. The molecule has 0 amide bonds. The molecule has 3 heteroatoms. The lowest BCUT2D eigenvalue weighted by Gasteiger charge is -2.10. The van der Waals surface area contributed by atoms with E-state index in [0.717, 1.165) is 24.8 Å². The molecule has 1 aromatic carbocycles. The summed E-state index contributed by atoms with van der Waals surface area (Å²) in [6.45, 7) is 1.99. The van der Waals surface area contributed by atoms with Crippen LogP contribution in [0.2, 0.25) is 5.02 Å². The van der Waals surface area contributed by atoms with Gasteiger partial charge in [-0.3, -0.25) is 0 Å². The third-order valence-corrected chi connectivity index (χ3v) is 4.04. The van der Waals surface area contributed by atoms with Gasteiger partial charge >= 0.3 is 0 Å². The van der Waals surface area contributed by atoms with Crippen molar-refractivity contribution in [2.75, 3.05) is 13.7 Å². The lowest BCUT2D eigenvalue weighted by atomic mass is 10.0. The summed E-state index contributed by atoms with van der Waals surface area (Å²) in [5, 5.41) is 4.18. The van der Waals surface area contributed by atoms with Crippen LogP contribution in [0.4, 0.5) is 0 Å². The monoisotopic (exact) mass is 267 g/mol. The Kier molecular flexibility index (Phi) is 5.33. The molecular formula is C15H22ClNO. The second-order valence-corrected chi connectivity index (χ2v) is 5.49. The Hall–Kier alpha value is -0.730. The van der Waals surface area contributed by atoms with Crippen LogP contribution in [0.1, 0.15) is 37.7 Å². The van der Waals surface area contributed by atoms with E-state index in [1.54, 1.807) is 7.11 Å². The molecule has 0 atom stereocenters. The molecule has 0 aromatic heterocycles. The van der Waals surface area contributed by atoms with Gasteiger partial charge in [0.05, 0.1) is 12.1 Å². The molecule has 1 saturated carbocycles. The van der Waals surface area contributed by atoms with Gasteiger partial charge < -0.3 is 10.1 Å². The van der Waals surface area contributed by atoms with Gasteiger partial charge in [0.15, 0.2) is 0 Å². The van der Waals surface area contributed by atoms with Crippen molar-refractivity contribution >= 4 is 11.6 Å². The molecule has 0 unspecified atom stereocenters. The Morgan fingerprint density at radius 3 is 2.78 bits per heavy atom. The van der Waals surface area contributed by atoms with E-state index in [9.17, 15) is 0 Å². The maximum Gasteiger partial charge on any atom is 0.137 e. The van der Waals surface area contributed by atoms with Gasteiger partial charge in [0.1, 0.15) is 5.75 Å². The second-order valence-electron chi connectivity index (χ2n) is 5.08. The van der Waals surface area contributed by atoms with E-state index in [-0.39, 0.29) is 0 Å². The third kappa shape index (κ3) is 3.89. The largest absolute Gasteiger partial charge is 0.495 e. The molecule has 2 rings (SSSR count). The predicted octanol–water partition coefficient (Wildman–Crippen LogP) is 4.02. The van der Waals surface area contributed by atoms with E-state index in [2.05, 4.69) is 11.4 Å². The van der Waals surface area contributed by atoms with Gasteiger partial charge in [-0.1, -0.05) is 43.4 Å². The second kappa shape index (κ2) is 7.01. The minimum atomic E-state index is 0.688. The highest BCUT2D eigenvalue weighted by molar-refractivity contribution is 6.32. The van der Waals surface area contributed by atoms with E-state index in [0.29, 0.717) is 5.02 Å². The van der Waals surface area contributed by atoms with Gasteiger partial charge in [0.25, 0.3) is 0 Å². The summed E-state index contributed by atoms with van der Waals surface area (Å²) in [6, 6.07) is 5.96. The lowest BCUT2D eigenvalue weighted by molar-refractivity contribution is 0.414. The van der Waals surface area contributed by atoms with Crippen molar-refractivity contribution in [1.82, 2.24) is 5.32 Å². The first kappa shape index (κ1) is 13.7. The maximum absolute atomic E-state index is 6.09. The molecule has 1 N–H and O–H groups in total. The van der Waals surface area contributed by atoms with E-state index < -0.39 is 0 Å². The first-order valence-electron chi connectivity index (χ1n) is 6.82. The zero-order chi connectivity index (χ0) is 12.8. The molecule has 1 aliphatic rings. The summed E-state index contributed by atoms with van der Waals surface area (Å²) in [5.41, 5.74) is 1.22. The summed E-state index contributed by atoms with van der Waals surface area (Å²) < 4.78 is 5.14. The highest BCUT2D eigenvalue weighted by atomic mass is 35.5. The predicted molar refractivity (Wildman–Crippen MR) is 76.3 cm³/mol. The van der Waals surface area contributed by atoms with Crippen molar-refractivity contribution in [3.05, 3.63) is 28.8 Å². The van der Waals surface area contributed by atoms with Crippen molar-refractivity contribution in [1.29, 1.82) is 0 Å². The van der Waals surface area contributed by atoms with E-state index in [4.69, 9.17) is 16.3 Å². The van der Waals surface area contributed by atoms with Gasteiger partial charge in [-0.25, -0.2) is 0 Å². The van der Waals surface area contributed by atoms with Crippen LogP contribution in [0.15, 0.2) is 18.2 Å². The van der Waals surface area contributed by atoms with Crippen molar-refractivity contribution in [3.63, 3.8) is 0 Å². The molecule has 0 radical (unpaired) electrons. The van der Waals surface area contributed by atoms with Crippen LogP contribution in [-0.2, 0) is 6.54 Å². The fraction of sp³-hybridized carbons (Fsp3) is 0.600. The summed E-state index contributed by atoms with van der Waals surface area (Å²) in [6.07, 6.45) is 7.02. The SMILES string of the molecule is COc1ccc(CNCCC2CCCC2)cc1Cl. The molecule has 2 nitrogen and oxygen atoms in total. The van der Waals surface area contributed by atoms with Crippen molar-refractivity contribution in [3.8, 4) is 5.75 Å². The van der Waals surface area contributed by atoms with Crippen LogP contribution in [-0.4, -0.2) is 13.7 Å². The first-order chi connectivity index (χ1) is 8.79. The molecule has 1 aliphatic carbocycles. The van der Waals surface area contributed by atoms with E-state index in [1.807, 2.05) is 12.1 Å². The molecular weight excluding hydrogens is 246 g/mol. The summed E-state index contributed by atoms with van der Waals surface area (Å²) in [4.78, 5) is 0. The summed E-state index contributed by atoms with van der Waals surface area (Å²) in [5.74, 6) is 1.70. The molecule has 1 aromatic rings. The van der Waals surface area contributed by atoms with Gasteiger partial charge in [-0.2, -0.15) is 0 Å². The lowest BCUT2D eigenvalue weighted by Crippen LogP contribution is -2.17. The van der Waals surface area contributed by atoms with E-state index in [1.165, 1.54) is 37.7 Å². The number of nitrogens with one attached hydrogen (secondary N) is 1. The number of methoxy groups -OCH3 is 1. The fourth-order valence-electron chi connectivity index (χ4n) is 2.66. The van der Waals surface area contributed by atoms with Gasteiger partial charge in [0.2, 0.25) is 0 Å². The van der Waals surface area contributed by atoms with Crippen molar-refractivity contribution in [2.24, 2.45) is 5.92 Å². The Balaban J connectivity index is 1.71. The molecule has 0 aliphatic heterocycles. The topological polar surface area (TPSA) is 21.3 Å². The molecule has 0 saturated heterocycles. The molecule has 0 bridgehead atoms. The van der Waals surface area contributed by atoms with Crippen molar-refractivity contribution in [2.45, 2.75) is 38.6 Å². The molecule has 100 valence electrons. The number of halogens is 1. The van der Waals surface area contributed by atoms with Gasteiger partial charge in [-0.05, 0) is 36.6 Å². The Bertz CT molecular complexity index is 375. The number of hydrogen-bond donors (Lipinski definition) is 1. The minimum absolute atomic E-state index is 0.688. The molecule has 0 spiro atoms. The molecule has 18 heavy (non-hydrogen) atoms. The zero-order valence-electron chi connectivity index (χ0n) is 11.0. The van der Waals surface area contributed by atoms with Crippen LogP contribution >= 0.6 is 11.6 Å². The first-order valence-corrected chi connectivity index (χ1v) is 7.20. The Morgan fingerprint density at radius 2 is 2.11 bits per heavy atom. The number of rotatable bonds is 6. The number of hydrogen-bond acceptors (Lipinski definition) is 2. The van der Waals surface area contributed by atoms with Crippen LogP contribution in [0, 0.1) is 5.92 Å². The van der Waals surface area contributed by atoms with Crippen LogP contribution in [0.3, 0.4) is 0 Å². The Morgan fingerprint density at radius 1 is 1.33 bits per heavy atom. The minimum Gasteiger partial charge on any atom is -0.495 e. The standard InChI is InChI=1S/C15H22ClNO/c1-18-15-7-6-13(10-14(15)16)11-17-9-8-12-4-2-3-5-12/h6-7,10,12,17H,2-5,8-9,11H2,1H3. The Labute approximate surface area is 115 Å². The highest BCUT2D eigenvalue weighted by Gasteiger charge is 2.13. The van der Waals surface area contributed by atoms with Gasteiger partial charge in [-0.15, -0.1) is 0 Å². The highest BCUT2D eigenvalue weighted by Crippen LogP contribution is 2.27. The summed E-state index contributed by atoms with van der Waals surface area (Å²) >= 11 is 6.09. The van der Waals surface area contributed by atoms with Crippen LogP contribution in [0.25, 0.3) is 0 Å². The smallest absolute Gasteiger partial charge is 0.137 e. The van der Waals surface area contributed by atoms with Crippen LogP contribution in [0.5, 0.6) is 5.75 Å². The third-order valence-electron chi connectivity index (χ3n) is 3.75. The zero-order valence-corrected chi connectivity index (χ0v) is 11.8. The normalized spacial score (nSPS) is 16.1. The van der Waals surface area contributed by atoms with Crippen LogP contribution < -0.4 is 10.1 Å². The fourth-order valence-corrected chi connectivity index (χ4v) is 2.94. The van der Waals surface area contributed by atoms with E-state index >= 15 is 0 Å². The van der Waals surface area contributed by atoms with Gasteiger partial charge in [0, 0.05) is 6.54 Å².